The molecule has 1 aromatic heterocycles. The number of aryl methyl sites for hydroxylation is 1. The Morgan fingerprint density at radius 1 is 1.58 bits per heavy atom. The van der Waals surface area contributed by atoms with Crippen LogP contribution in [0.25, 0.3) is 0 Å². The van der Waals surface area contributed by atoms with E-state index < -0.39 is 35.7 Å². The third kappa shape index (κ3) is 2.48. The number of aliphatic hydroxyl groups excluding tert-OH is 1. The third-order valence-corrected chi connectivity index (χ3v) is 3.46. The van der Waals surface area contributed by atoms with Gasteiger partial charge in [0.15, 0.2) is 6.17 Å². The monoisotopic (exact) mass is 272 g/mol. The molecule has 1 saturated heterocycles. The number of hydrogen-bond acceptors (Lipinski definition) is 4. The molecule has 1 aliphatic heterocycles. The lowest BCUT2D eigenvalue weighted by molar-refractivity contribution is -0.137. The van der Waals surface area contributed by atoms with E-state index in [1.807, 2.05) is 0 Å². The first-order valence-electron chi connectivity index (χ1n) is 6.21. The number of aliphatic hydroxyl groups is 1. The summed E-state index contributed by atoms with van der Waals surface area (Å²) >= 11 is 0. The van der Waals surface area contributed by atoms with Crippen LogP contribution < -0.4 is 11.2 Å². The highest BCUT2D eigenvalue weighted by Gasteiger charge is 2.40. The van der Waals surface area contributed by atoms with Crippen molar-refractivity contribution in [3.8, 4) is 0 Å². The van der Waals surface area contributed by atoms with E-state index in [4.69, 9.17) is 4.74 Å². The summed E-state index contributed by atoms with van der Waals surface area (Å²) in [5.41, 5.74) is -0.895. The summed E-state index contributed by atoms with van der Waals surface area (Å²) in [6.07, 6.45) is -1.66. The number of halogens is 1. The number of nitrogens with one attached hydrogen (secondary N) is 1. The van der Waals surface area contributed by atoms with Gasteiger partial charge in [-0.25, -0.2) is 9.18 Å². The van der Waals surface area contributed by atoms with Gasteiger partial charge in [0.2, 0.25) is 0 Å². The highest BCUT2D eigenvalue weighted by atomic mass is 19.1. The average Bonchev–Trinajstić information content (AvgIpc) is 2.37. The predicted molar refractivity (Wildman–Crippen MR) is 66.0 cm³/mol. The fourth-order valence-electron chi connectivity index (χ4n) is 2.27. The standard InChI is InChI=1S/C12H17FN2O4/c1-3-8-10(16)9(13)7(5-19-8)15-4-6(2)11(17)14-12(15)18/h4,7-10,16H,3,5H2,1-2H3,(H,14,17,18). The van der Waals surface area contributed by atoms with Crippen LogP contribution in [-0.4, -0.2) is 39.6 Å². The zero-order valence-corrected chi connectivity index (χ0v) is 10.8. The topological polar surface area (TPSA) is 84.3 Å². The second kappa shape index (κ2) is 5.26. The van der Waals surface area contributed by atoms with Crippen LogP contribution >= 0.6 is 0 Å². The molecule has 0 amide bonds. The van der Waals surface area contributed by atoms with Crippen LogP contribution in [0.15, 0.2) is 15.8 Å². The highest BCUT2D eigenvalue weighted by molar-refractivity contribution is 5.03. The number of nitrogens with zero attached hydrogens (tertiary/aromatic N) is 1. The lowest BCUT2D eigenvalue weighted by Crippen LogP contribution is -2.51. The van der Waals surface area contributed by atoms with Crippen molar-refractivity contribution in [3.05, 3.63) is 32.6 Å². The van der Waals surface area contributed by atoms with Crippen molar-refractivity contribution in [3.63, 3.8) is 0 Å². The van der Waals surface area contributed by atoms with E-state index in [9.17, 15) is 19.1 Å². The van der Waals surface area contributed by atoms with E-state index in [-0.39, 0.29) is 6.61 Å². The Morgan fingerprint density at radius 2 is 2.26 bits per heavy atom. The molecule has 19 heavy (non-hydrogen) atoms. The van der Waals surface area contributed by atoms with Crippen LogP contribution in [0.1, 0.15) is 24.9 Å². The highest BCUT2D eigenvalue weighted by Crippen LogP contribution is 2.27. The van der Waals surface area contributed by atoms with Crippen LogP contribution in [0, 0.1) is 6.92 Å². The van der Waals surface area contributed by atoms with Gasteiger partial charge in [0.25, 0.3) is 5.56 Å². The van der Waals surface area contributed by atoms with E-state index in [0.717, 1.165) is 4.57 Å². The second-order valence-electron chi connectivity index (χ2n) is 4.76. The van der Waals surface area contributed by atoms with Crippen molar-refractivity contribution < 1.29 is 14.2 Å². The van der Waals surface area contributed by atoms with E-state index in [1.165, 1.54) is 13.1 Å². The summed E-state index contributed by atoms with van der Waals surface area (Å²) in [7, 11) is 0. The molecule has 0 saturated carbocycles. The molecule has 0 spiro atoms. The molecule has 6 nitrogen and oxygen atoms in total. The Balaban J connectivity index is 2.35. The van der Waals surface area contributed by atoms with Crippen molar-refractivity contribution in [1.82, 2.24) is 9.55 Å². The summed E-state index contributed by atoms with van der Waals surface area (Å²) in [5.74, 6) is 0. The SMILES string of the molecule is CCC1OCC(n2cc(C)c(=O)[nH]c2=O)C(F)C1O. The van der Waals surface area contributed by atoms with Crippen molar-refractivity contribution in [1.29, 1.82) is 0 Å². The Labute approximate surface area is 108 Å². The molecule has 2 heterocycles. The van der Waals surface area contributed by atoms with Gasteiger partial charge in [-0.1, -0.05) is 6.92 Å². The maximum atomic E-state index is 14.2. The maximum Gasteiger partial charge on any atom is 0.328 e. The lowest BCUT2D eigenvalue weighted by atomic mass is 9.97. The fraction of sp³-hybridized carbons (Fsp3) is 0.667. The smallest absolute Gasteiger partial charge is 0.328 e. The van der Waals surface area contributed by atoms with Crippen molar-refractivity contribution in [2.24, 2.45) is 0 Å². The van der Waals surface area contributed by atoms with Gasteiger partial charge in [0.05, 0.1) is 18.8 Å². The minimum atomic E-state index is -1.61. The summed E-state index contributed by atoms with van der Waals surface area (Å²) < 4.78 is 20.6. The van der Waals surface area contributed by atoms with Gasteiger partial charge in [0, 0.05) is 11.8 Å². The lowest BCUT2D eigenvalue weighted by Gasteiger charge is -2.36. The van der Waals surface area contributed by atoms with Crippen LogP contribution in [0.2, 0.25) is 0 Å². The van der Waals surface area contributed by atoms with Gasteiger partial charge in [-0.15, -0.1) is 0 Å². The van der Waals surface area contributed by atoms with Gasteiger partial charge in [-0.2, -0.15) is 0 Å². The normalized spacial score (nSPS) is 31.4. The first-order valence-corrected chi connectivity index (χ1v) is 6.21. The molecule has 4 unspecified atom stereocenters. The first-order chi connectivity index (χ1) is 8.95. The largest absolute Gasteiger partial charge is 0.387 e. The van der Waals surface area contributed by atoms with E-state index in [0.29, 0.717) is 12.0 Å². The maximum absolute atomic E-state index is 14.2. The molecule has 0 radical (unpaired) electrons. The molecule has 0 aliphatic carbocycles. The Kier molecular flexibility index (Phi) is 3.86. The molecule has 7 heteroatoms. The molecule has 0 aromatic carbocycles. The molecule has 1 aromatic rings. The fourth-order valence-corrected chi connectivity index (χ4v) is 2.27. The number of rotatable bonds is 2. The second-order valence-corrected chi connectivity index (χ2v) is 4.76. The molecular formula is C12H17FN2O4. The Bertz CT molecular complexity index is 568. The van der Waals surface area contributed by atoms with Gasteiger partial charge in [0.1, 0.15) is 6.10 Å². The van der Waals surface area contributed by atoms with Crippen LogP contribution in [0.3, 0.4) is 0 Å². The number of hydrogen-bond donors (Lipinski definition) is 2. The van der Waals surface area contributed by atoms with Crippen molar-refractivity contribution >= 4 is 0 Å². The van der Waals surface area contributed by atoms with Gasteiger partial charge in [-0.3, -0.25) is 14.3 Å². The summed E-state index contributed by atoms with van der Waals surface area (Å²) in [6, 6.07) is -0.930. The molecule has 1 aliphatic rings. The van der Waals surface area contributed by atoms with E-state index in [2.05, 4.69) is 4.98 Å². The quantitative estimate of drug-likeness (QED) is 0.787. The minimum absolute atomic E-state index is 0.0118. The number of alkyl halides is 1. The van der Waals surface area contributed by atoms with Gasteiger partial charge < -0.3 is 9.84 Å². The van der Waals surface area contributed by atoms with Crippen LogP contribution in [-0.2, 0) is 4.74 Å². The Morgan fingerprint density at radius 3 is 2.89 bits per heavy atom. The number of H-pyrrole nitrogens is 1. The first kappa shape index (κ1) is 14.0. The van der Waals surface area contributed by atoms with Crippen molar-refractivity contribution in [2.75, 3.05) is 6.61 Å². The zero-order chi connectivity index (χ0) is 14.2. The zero-order valence-electron chi connectivity index (χ0n) is 10.8. The molecule has 1 fully saturated rings. The number of ether oxygens (including phenoxy) is 1. The average molecular weight is 272 g/mol. The molecule has 2 N–H and O–H groups in total. The molecule has 2 rings (SSSR count). The number of aromatic amines is 1. The van der Waals surface area contributed by atoms with Gasteiger partial charge in [-0.05, 0) is 13.3 Å². The third-order valence-electron chi connectivity index (χ3n) is 3.46. The molecule has 0 bridgehead atoms. The summed E-state index contributed by atoms with van der Waals surface area (Å²) in [4.78, 5) is 25.1. The predicted octanol–water partition coefficient (Wildman–Crippen LogP) is -0.106. The summed E-state index contributed by atoms with van der Waals surface area (Å²) in [5, 5.41) is 9.80. The van der Waals surface area contributed by atoms with Crippen molar-refractivity contribution in [2.45, 2.75) is 44.7 Å². The van der Waals surface area contributed by atoms with Crippen LogP contribution in [0.4, 0.5) is 4.39 Å². The van der Waals surface area contributed by atoms with E-state index >= 15 is 0 Å². The van der Waals surface area contributed by atoms with Gasteiger partial charge >= 0.3 is 5.69 Å². The molecule has 106 valence electrons. The molecular weight excluding hydrogens is 255 g/mol. The minimum Gasteiger partial charge on any atom is -0.387 e. The van der Waals surface area contributed by atoms with Crippen LogP contribution in [0.5, 0.6) is 0 Å². The van der Waals surface area contributed by atoms with E-state index in [1.54, 1.807) is 6.92 Å². The number of aromatic nitrogens is 2. The summed E-state index contributed by atoms with van der Waals surface area (Å²) in [6.45, 7) is 3.30. The Hall–Kier alpha value is -1.47. The molecule has 4 atom stereocenters.